The molecule has 0 radical (unpaired) electrons. The van der Waals surface area contributed by atoms with Crippen molar-refractivity contribution in [2.24, 2.45) is 5.92 Å². The molecule has 2 aromatic carbocycles. The summed E-state index contributed by atoms with van der Waals surface area (Å²) in [4.78, 5) is 31.3. The van der Waals surface area contributed by atoms with Crippen LogP contribution in [-0.4, -0.2) is 47.1 Å². The van der Waals surface area contributed by atoms with Crippen LogP contribution in [0.5, 0.6) is 0 Å². The molecule has 1 fully saturated rings. The van der Waals surface area contributed by atoms with E-state index in [9.17, 15) is 9.59 Å². The van der Waals surface area contributed by atoms with Crippen molar-refractivity contribution in [2.45, 2.75) is 19.4 Å². The number of likely N-dealkylation sites (tertiary alicyclic amines) is 1. The lowest BCUT2D eigenvalue weighted by Gasteiger charge is -2.30. The van der Waals surface area contributed by atoms with Crippen LogP contribution in [0.25, 0.3) is 11.4 Å². The molecule has 4 rings (SSSR count). The number of aromatic nitrogens is 2. The van der Waals surface area contributed by atoms with E-state index in [1.165, 1.54) is 13.2 Å². The zero-order valence-corrected chi connectivity index (χ0v) is 19.4. The third kappa shape index (κ3) is 5.71. The molecule has 1 aliphatic heterocycles. The first-order valence-corrected chi connectivity index (χ1v) is 11.2. The topological polar surface area (TPSA) is 97.6 Å². The second-order valence-corrected chi connectivity index (χ2v) is 8.62. The van der Waals surface area contributed by atoms with Gasteiger partial charge in [-0.05, 0) is 49.7 Å². The lowest BCUT2D eigenvalue weighted by Crippen LogP contribution is -2.40. The normalized spacial score (nSPS) is 16.4. The fourth-order valence-corrected chi connectivity index (χ4v) is 4.17. The summed E-state index contributed by atoms with van der Waals surface area (Å²) in [5.74, 6) is 0.0559. The number of methoxy groups -OCH3 is 1. The van der Waals surface area contributed by atoms with Gasteiger partial charge >= 0.3 is 5.97 Å². The van der Waals surface area contributed by atoms with Gasteiger partial charge in [-0.25, -0.2) is 4.79 Å². The van der Waals surface area contributed by atoms with Crippen molar-refractivity contribution >= 4 is 40.8 Å². The minimum atomic E-state index is -0.559. The van der Waals surface area contributed by atoms with E-state index in [1.807, 2.05) is 12.1 Å². The highest BCUT2D eigenvalue weighted by Crippen LogP contribution is 2.25. The van der Waals surface area contributed by atoms with Gasteiger partial charge in [-0.15, -0.1) is 0 Å². The van der Waals surface area contributed by atoms with Crippen molar-refractivity contribution in [3.8, 4) is 11.4 Å². The zero-order valence-electron chi connectivity index (χ0n) is 17.9. The van der Waals surface area contributed by atoms with E-state index in [0.717, 1.165) is 24.9 Å². The Kier molecular flexibility index (Phi) is 7.27. The van der Waals surface area contributed by atoms with Crippen molar-refractivity contribution in [3.63, 3.8) is 0 Å². The number of piperidine rings is 1. The number of benzene rings is 2. The standard InChI is InChI=1S/C23H22Cl2N4O4/c1-32-23(31)18-11-17(7-8-19(18)25)26-22(30)15-5-3-9-29(12-15)13-20-27-21(28-33-20)14-4-2-6-16(24)10-14/h2,4,6-8,10-11,15H,3,5,9,12-13H2,1H3,(H,26,30). The van der Waals surface area contributed by atoms with Gasteiger partial charge in [-0.2, -0.15) is 4.98 Å². The Morgan fingerprint density at radius 1 is 1.24 bits per heavy atom. The fraction of sp³-hybridized carbons (Fsp3) is 0.304. The second-order valence-electron chi connectivity index (χ2n) is 7.77. The number of ether oxygens (including phenoxy) is 1. The van der Waals surface area contributed by atoms with E-state index in [2.05, 4.69) is 20.4 Å². The quantitative estimate of drug-likeness (QED) is 0.502. The van der Waals surface area contributed by atoms with Gasteiger partial charge in [-0.3, -0.25) is 9.69 Å². The summed E-state index contributed by atoms with van der Waals surface area (Å²) in [6, 6.07) is 12.0. The molecule has 1 saturated heterocycles. The van der Waals surface area contributed by atoms with E-state index in [-0.39, 0.29) is 22.4 Å². The lowest BCUT2D eigenvalue weighted by molar-refractivity contribution is -0.121. The van der Waals surface area contributed by atoms with Crippen LogP contribution in [0.4, 0.5) is 5.69 Å². The fourth-order valence-electron chi connectivity index (χ4n) is 3.78. The average molecular weight is 489 g/mol. The Morgan fingerprint density at radius 3 is 2.88 bits per heavy atom. The maximum Gasteiger partial charge on any atom is 0.339 e. The van der Waals surface area contributed by atoms with Crippen molar-refractivity contribution in [1.82, 2.24) is 15.0 Å². The Morgan fingerprint density at radius 2 is 2.09 bits per heavy atom. The van der Waals surface area contributed by atoms with Crippen LogP contribution < -0.4 is 5.32 Å². The number of anilines is 1. The van der Waals surface area contributed by atoms with Gasteiger partial charge < -0.3 is 14.6 Å². The third-order valence-electron chi connectivity index (χ3n) is 5.43. The maximum atomic E-state index is 12.9. The third-order valence-corrected chi connectivity index (χ3v) is 5.99. The number of rotatable bonds is 6. The monoisotopic (exact) mass is 488 g/mol. The smallest absolute Gasteiger partial charge is 0.339 e. The predicted molar refractivity (Wildman–Crippen MR) is 124 cm³/mol. The molecule has 1 unspecified atom stereocenters. The summed E-state index contributed by atoms with van der Waals surface area (Å²) < 4.78 is 10.1. The van der Waals surface area contributed by atoms with Crippen LogP contribution in [0, 0.1) is 5.92 Å². The Hall–Kier alpha value is -2.94. The highest BCUT2D eigenvalue weighted by Gasteiger charge is 2.27. The highest BCUT2D eigenvalue weighted by molar-refractivity contribution is 6.33. The molecule has 10 heteroatoms. The molecule has 8 nitrogen and oxygen atoms in total. The number of nitrogens with zero attached hydrogens (tertiary/aromatic N) is 3. The van der Waals surface area contributed by atoms with Crippen LogP contribution in [0.2, 0.25) is 10.0 Å². The van der Waals surface area contributed by atoms with Gasteiger partial charge in [0.2, 0.25) is 17.6 Å². The molecular weight excluding hydrogens is 467 g/mol. The molecule has 172 valence electrons. The summed E-state index contributed by atoms with van der Waals surface area (Å²) in [5, 5.41) is 7.78. The molecule has 1 amide bonds. The summed E-state index contributed by atoms with van der Waals surface area (Å²) in [5.41, 5.74) is 1.47. The molecule has 2 heterocycles. The van der Waals surface area contributed by atoms with Crippen molar-refractivity contribution < 1.29 is 18.8 Å². The van der Waals surface area contributed by atoms with E-state index < -0.39 is 5.97 Å². The largest absolute Gasteiger partial charge is 0.465 e. The van der Waals surface area contributed by atoms with Gasteiger partial charge in [0.1, 0.15) is 0 Å². The number of hydrogen-bond acceptors (Lipinski definition) is 7. The lowest BCUT2D eigenvalue weighted by atomic mass is 9.97. The average Bonchev–Trinajstić information content (AvgIpc) is 3.28. The van der Waals surface area contributed by atoms with E-state index in [4.69, 9.17) is 32.5 Å². The number of esters is 1. The van der Waals surface area contributed by atoms with Gasteiger partial charge in [-0.1, -0.05) is 40.5 Å². The molecule has 1 atom stereocenters. The van der Waals surface area contributed by atoms with Crippen LogP contribution in [0.15, 0.2) is 47.0 Å². The van der Waals surface area contributed by atoms with E-state index >= 15 is 0 Å². The first-order chi connectivity index (χ1) is 15.9. The Bertz CT molecular complexity index is 1170. The molecule has 0 aliphatic carbocycles. The molecule has 0 saturated carbocycles. The highest BCUT2D eigenvalue weighted by atomic mass is 35.5. The van der Waals surface area contributed by atoms with Crippen LogP contribution in [-0.2, 0) is 16.1 Å². The Balaban J connectivity index is 1.38. The molecule has 1 aliphatic rings. The summed E-state index contributed by atoms with van der Waals surface area (Å²) in [7, 11) is 1.28. The number of hydrogen-bond donors (Lipinski definition) is 1. The minimum absolute atomic E-state index is 0.122. The molecule has 33 heavy (non-hydrogen) atoms. The van der Waals surface area contributed by atoms with Crippen LogP contribution in [0.3, 0.4) is 0 Å². The summed E-state index contributed by atoms with van der Waals surface area (Å²) in [6.07, 6.45) is 1.62. The minimum Gasteiger partial charge on any atom is -0.465 e. The van der Waals surface area contributed by atoms with Crippen LogP contribution in [0.1, 0.15) is 29.1 Å². The van der Waals surface area contributed by atoms with Crippen molar-refractivity contribution in [1.29, 1.82) is 0 Å². The predicted octanol–water partition coefficient (Wildman–Crippen LogP) is 4.68. The van der Waals surface area contributed by atoms with Crippen molar-refractivity contribution in [2.75, 3.05) is 25.5 Å². The number of amides is 1. The number of nitrogens with one attached hydrogen (secondary N) is 1. The van der Waals surface area contributed by atoms with Gasteiger partial charge in [0.15, 0.2) is 0 Å². The van der Waals surface area contributed by atoms with Gasteiger partial charge in [0.05, 0.1) is 30.2 Å². The summed E-state index contributed by atoms with van der Waals surface area (Å²) >= 11 is 12.1. The van der Waals surface area contributed by atoms with Gasteiger partial charge in [0.25, 0.3) is 0 Å². The first kappa shape index (κ1) is 23.2. The van der Waals surface area contributed by atoms with E-state index in [1.54, 1.807) is 24.3 Å². The summed E-state index contributed by atoms with van der Waals surface area (Å²) in [6.45, 7) is 1.83. The zero-order chi connectivity index (χ0) is 23.4. The number of carbonyl (C=O) groups excluding carboxylic acids is 2. The van der Waals surface area contributed by atoms with Crippen molar-refractivity contribution in [3.05, 3.63) is 64.0 Å². The molecule has 1 N–H and O–H groups in total. The molecule has 0 bridgehead atoms. The van der Waals surface area contributed by atoms with Gasteiger partial charge in [0, 0.05) is 22.8 Å². The number of carbonyl (C=O) groups is 2. The molecular formula is C23H22Cl2N4O4. The SMILES string of the molecule is COC(=O)c1cc(NC(=O)C2CCCN(Cc3nc(-c4cccc(Cl)c4)no3)C2)ccc1Cl. The second kappa shape index (κ2) is 10.3. The maximum absolute atomic E-state index is 12.9. The Labute approximate surface area is 200 Å². The van der Waals surface area contributed by atoms with Crippen LogP contribution >= 0.6 is 23.2 Å². The number of halogens is 2. The molecule has 3 aromatic rings. The van der Waals surface area contributed by atoms with E-state index in [0.29, 0.717) is 35.5 Å². The first-order valence-electron chi connectivity index (χ1n) is 10.4. The molecule has 0 spiro atoms. The molecule has 1 aromatic heterocycles.